The van der Waals surface area contributed by atoms with E-state index in [1.54, 1.807) is 18.6 Å². The molecule has 3 heterocycles. The Balaban J connectivity index is 0.000000706. The van der Waals surface area contributed by atoms with Crippen molar-refractivity contribution < 1.29 is 21.1 Å². The number of rotatable bonds is 2. The van der Waals surface area contributed by atoms with Crippen molar-refractivity contribution in [3.05, 3.63) is 67.4 Å². The van der Waals surface area contributed by atoms with Crippen LogP contribution >= 0.6 is 28.3 Å². The summed E-state index contributed by atoms with van der Waals surface area (Å²) >= 11 is 5.50. The number of halogens is 2. The number of hydrogen-bond donors (Lipinski definition) is 0. The summed E-state index contributed by atoms with van der Waals surface area (Å²) in [6.45, 7) is 0. The standard InChI is InChI=1S/C15H11N3.Br2.Pt/c1-4-12(10-16-7-1)14-6-3-9-18-15(14)13-5-2-8-17-11-13;1-2;/h1-11H;;. The third kappa shape index (κ3) is 4.80. The first-order chi connectivity index (χ1) is 9.95. The van der Waals surface area contributed by atoms with Gasteiger partial charge in [0.05, 0.1) is 5.69 Å². The van der Waals surface area contributed by atoms with Gasteiger partial charge in [-0.25, -0.2) is 0 Å². The maximum absolute atomic E-state index is 4.46. The van der Waals surface area contributed by atoms with Gasteiger partial charge < -0.3 is 0 Å². The van der Waals surface area contributed by atoms with E-state index in [1.165, 1.54) is 0 Å². The number of pyridine rings is 3. The zero-order valence-corrected chi connectivity index (χ0v) is 16.2. The Morgan fingerprint density at radius 2 is 1.29 bits per heavy atom. The Hall–Kier alpha value is -0.902. The van der Waals surface area contributed by atoms with E-state index < -0.39 is 0 Å². The fourth-order valence-corrected chi connectivity index (χ4v) is 1.89. The fourth-order valence-electron chi connectivity index (χ4n) is 1.89. The van der Waals surface area contributed by atoms with E-state index in [0.717, 1.165) is 22.4 Å². The quantitative estimate of drug-likeness (QED) is 0.428. The molecular formula is C15H11Br2N3Pt. The van der Waals surface area contributed by atoms with Crippen LogP contribution in [0.5, 0.6) is 0 Å². The molecule has 0 radical (unpaired) electrons. The molecule has 0 aliphatic rings. The smallest absolute Gasteiger partial charge is 0.0796 e. The second-order valence-electron chi connectivity index (χ2n) is 3.88. The zero-order chi connectivity index (χ0) is 14.2. The number of nitrogens with zero attached hydrogens (tertiary/aromatic N) is 3. The Bertz CT molecular complexity index is 593. The van der Waals surface area contributed by atoms with Crippen LogP contribution in [0.2, 0.25) is 0 Å². The molecule has 3 aromatic heterocycles. The van der Waals surface area contributed by atoms with E-state index in [9.17, 15) is 0 Å². The normalized spacial score (nSPS) is 9.05. The van der Waals surface area contributed by atoms with Gasteiger partial charge in [0.2, 0.25) is 0 Å². The summed E-state index contributed by atoms with van der Waals surface area (Å²) in [6, 6.07) is 11.9. The second-order valence-corrected chi connectivity index (χ2v) is 3.88. The molecule has 0 aliphatic heterocycles. The molecule has 0 aliphatic carbocycles. The van der Waals surface area contributed by atoms with Crippen molar-refractivity contribution in [2.45, 2.75) is 0 Å². The molecule has 21 heavy (non-hydrogen) atoms. The summed E-state index contributed by atoms with van der Waals surface area (Å²) in [5.41, 5.74) is 4.07. The monoisotopic (exact) mass is 586 g/mol. The first kappa shape index (κ1) is 18.1. The Morgan fingerprint density at radius 1 is 0.714 bits per heavy atom. The van der Waals surface area contributed by atoms with Crippen LogP contribution in [0.1, 0.15) is 0 Å². The predicted octanol–water partition coefficient (Wildman–Crippen LogP) is 4.89. The van der Waals surface area contributed by atoms with Crippen LogP contribution in [0.4, 0.5) is 0 Å². The molecule has 0 aromatic carbocycles. The number of aromatic nitrogens is 3. The first-order valence-electron chi connectivity index (χ1n) is 5.85. The van der Waals surface area contributed by atoms with E-state index in [2.05, 4.69) is 43.2 Å². The molecule has 110 valence electrons. The molecule has 0 atom stereocenters. The van der Waals surface area contributed by atoms with E-state index >= 15 is 0 Å². The van der Waals surface area contributed by atoms with Crippen LogP contribution in [0.3, 0.4) is 0 Å². The molecule has 0 saturated carbocycles. The molecule has 0 unspecified atom stereocenters. The van der Waals surface area contributed by atoms with Gasteiger partial charge in [-0.3, -0.25) is 15.0 Å². The minimum atomic E-state index is 0. The van der Waals surface area contributed by atoms with Crippen molar-refractivity contribution in [2.24, 2.45) is 0 Å². The van der Waals surface area contributed by atoms with Gasteiger partial charge in [-0.1, -0.05) is 12.1 Å². The maximum Gasteiger partial charge on any atom is 0.0796 e. The minimum Gasteiger partial charge on any atom is -0.264 e. The van der Waals surface area contributed by atoms with Crippen LogP contribution in [0.25, 0.3) is 22.4 Å². The fraction of sp³-hybridized carbons (Fsp3) is 0. The van der Waals surface area contributed by atoms with E-state index in [4.69, 9.17) is 0 Å². The van der Waals surface area contributed by atoms with Gasteiger partial charge in [0.1, 0.15) is 0 Å². The molecule has 0 spiro atoms. The molecule has 6 heteroatoms. The molecule has 0 saturated heterocycles. The van der Waals surface area contributed by atoms with Crippen molar-refractivity contribution in [2.75, 3.05) is 0 Å². The van der Waals surface area contributed by atoms with Crippen molar-refractivity contribution >= 4 is 28.3 Å². The van der Waals surface area contributed by atoms with Gasteiger partial charge >= 0.3 is 0 Å². The minimum absolute atomic E-state index is 0. The van der Waals surface area contributed by atoms with Crippen molar-refractivity contribution in [3.63, 3.8) is 0 Å². The van der Waals surface area contributed by atoms with Gasteiger partial charge in [-0.15, -0.1) is 0 Å². The second kappa shape index (κ2) is 9.93. The summed E-state index contributed by atoms with van der Waals surface area (Å²) in [5.74, 6) is 0. The van der Waals surface area contributed by atoms with Crippen LogP contribution < -0.4 is 0 Å². The first-order valence-corrected chi connectivity index (χ1v) is 9.57. The van der Waals surface area contributed by atoms with Crippen molar-refractivity contribution in [1.82, 2.24) is 15.0 Å². The van der Waals surface area contributed by atoms with E-state index in [-0.39, 0.29) is 21.1 Å². The average Bonchev–Trinajstić information content (AvgIpc) is 2.58. The third-order valence-corrected chi connectivity index (χ3v) is 2.72. The van der Waals surface area contributed by atoms with Crippen LogP contribution in [-0.2, 0) is 21.1 Å². The van der Waals surface area contributed by atoms with E-state index in [0.29, 0.717) is 0 Å². The topological polar surface area (TPSA) is 38.7 Å². The molecule has 0 N–H and O–H groups in total. The summed E-state index contributed by atoms with van der Waals surface area (Å²) < 4.78 is 0. The Morgan fingerprint density at radius 3 is 1.86 bits per heavy atom. The van der Waals surface area contributed by atoms with Crippen LogP contribution in [-0.4, -0.2) is 15.0 Å². The van der Waals surface area contributed by atoms with Crippen molar-refractivity contribution in [1.29, 1.82) is 0 Å². The average molecular weight is 588 g/mol. The molecule has 3 aromatic rings. The molecule has 0 fully saturated rings. The van der Waals surface area contributed by atoms with Crippen LogP contribution in [0.15, 0.2) is 67.4 Å². The molecular weight excluding hydrogens is 577 g/mol. The van der Waals surface area contributed by atoms with Crippen molar-refractivity contribution in [3.8, 4) is 22.4 Å². The van der Waals surface area contributed by atoms with Crippen LogP contribution in [0, 0.1) is 0 Å². The SMILES string of the molecule is BrBr.[Pt].c1cncc(-c2cccnc2-c2cccnc2)c1. The maximum atomic E-state index is 4.46. The van der Waals surface area contributed by atoms with E-state index in [1.807, 2.05) is 48.8 Å². The summed E-state index contributed by atoms with van der Waals surface area (Å²) in [7, 11) is 0. The molecule has 3 nitrogen and oxygen atoms in total. The molecule has 3 rings (SSSR count). The van der Waals surface area contributed by atoms with Gasteiger partial charge in [0.15, 0.2) is 0 Å². The predicted molar refractivity (Wildman–Crippen MR) is 88.6 cm³/mol. The Labute approximate surface area is 153 Å². The van der Waals surface area contributed by atoms with Gasteiger partial charge in [0.25, 0.3) is 0 Å². The van der Waals surface area contributed by atoms with Gasteiger partial charge in [0, 0.05) is 97.0 Å². The Kier molecular flexibility index (Phi) is 8.58. The molecule has 0 amide bonds. The summed E-state index contributed by atoms with van der Waals surface area (Å²) in [6.07, 6.45) is 8.99. The summed E-state index contributed by atoms with van der Waals surface area (Å²) in [4.78, 5) is 12.8. The summed E-state index contributed by atoms with van der Waals surface area (Å²) in [5, 5.41) is 0. The zero-order valence-electron chi connectivity index (χ0n) is 10.8. The third-order valence-electron chi connectivity index (χ3n) is 2.72. The van der Waals surface area contributed by atoms with Gasteiger partial charge in [-0.2, -0.15) is 0 Å². The largest absolute Gasteiger partial charge is 0.264 e. The molecule has 0 bridgehead atoms. The van der Waals surface area contributed by atoms with Gasteiger partial charge in [-0.05, 0) is 24.3 Å². The number of hydrogen-bond acceptors (Lipinski definition) is 3.